The van der Waals surface area contributed by atoms with Crippen LogP contribution in [0.4, 0.5) is 0 Å². The van der Waals surface area contributed by atoms with Crippen LogP contribution in [0.1, 0.15) is 49.7 Å². The Morgan fingerprint density at radius 2 is 1.36 bits per heavy atom. The van der Waals surface area contributed by atoms with E-state index in [9.17, 15) is 0 Å². The summed E-state index contributed by atoms with van der Waals surface area (Å²) in [6.07, 6.45) is 7.50. The van der Waals surface area contributed by atoms with Crippen LogP contribution in [0.5, 0.6) is 0 Å². The summed E-state index contributed by atoms with van der Waals surface area (Å²) in [5, 5.41) is 0.769. The first-order valence-corrected chi connectivity index (χ1v) is 8.98. The second kappa shape index (κ2) is 7.06. The van der Waals surface area contributed by atoms with E-state index < -0.39 is 4.87 Å². The smallest absolute Gasteiger partial charge is 0.0986 e. The molecule has 3 rings (SSSR count). The molecule has 0 N–H and O–H groups in total. The second-order valence-corrected chi connectivity index (χ2v) is 7.25. The van der Waals surface area contributed by atoms with E-state index in [1.165, 1.54) is 38.5 Å². The van der Waals surface area contributed by atoms with Crippen molar-refractivity contribution in [2.75, 3.05) is 0 Å². The predicted molar refractivity (Wildman–Crippen MR) is 95.7 cm³/mol. The van der Waals surface area contributed by atoms with E-state index in [4.69, 9.17) is 23.2 Å². The molecule has 2 aromatic rings. The van der Waals surface area contributed by atoms with Crippen molar-refractivity contribution in [1.29, 1.82) is 0 Å². The lowest BCUT2D eigenvalue weighted by Gasteiger charge is -2.37. The zero-order valence-corrected chi connectivity index (χ0v) is 14.3. The van der Waals surface area contributed by atoms with Crippen molar-refractivity contribution in [3.63, 3.8) is 0 Å². The fourth-order valence-electron chi connectivity index (χ4n) is 3.73. The van der Waals surface area contributed by atoms with E-state index in [1.807, 2.05) is 24.3 Å². The summed E-state index contributed by atoms with van der Waals surface area (Å²) in [5.41, 5.74) is 2.22. The fourth-order valence-corrected chi connectivity index (χ4v) is 4.57. The standard InChI is InChI=1S/C20H22Cl2/c21-19-15-9-8-14-18(19)20(22,17-12-6-3-7-13-17)16-10-4-1-2-5-11-16/h3,6-9,12-16H,1-2,4-5,10-11H2. The van der Waals surface area contributed by atoms with Gasteiger partial charge in [0, 0.05) is 5.02 Å². The van der Waals surface area contributed by atoms with Gasteiger partial charge in [0.25, 0.3) is 0 Å². The Morgan fingerprint density at radius 1 is 0.773 bits per heavy atom. The number of hydrogen-bond donors (Lipinski definition) is 0. The number of benzene rings is 2. The van der Waals surface area contributed by atoms with Crippen LogP contribution in [-0.2, 0) is 4.87 Å². The van der Waals surface area contributed by atoms with Crippen LogP contribution in [-0.4, -0.2) is 0 Å². The van der Waals surface area contributed by atoms with Gasteiger partial charge in [-0.1, -0.05) is 85.8 Å². The van der Waals surface area contributed by atoms with E-state index in [0.29, 0.717) is 5.92 Å². The van der Waals surface area contributed by atoms with Gasteiger partial charge in [-0.05, 0) is 36.0 Å². The lowest BCUT2D eigenvalue weighted by atomic mass is 9.76. The number of alkyl halides is 1. The van der Waals surface area contributed by atoms with Crippen LogP contribution in [0.25, 0.3) is 0 Å². The van der Waals surface area contributed by atoms with Crippen molar-refractivity contribution in [1.82, 2.24) is 0 Å². The topological polar surface area (TPSA) is 0 Å². The summed E-state index contributed by atoms with van der Waals surface area (Å²) < 4.78 is 0. The van der Waals surface area contributed by atoms with Gasteiger partial charge in [0.15, 0.2) is 0 Å². The van der Waals surface area contributed by atoms with Gasteiger partial charge in [-0.2, -0.15) is 0 Å². The maximum Gasteiger partial charge on any atom is 0.0986 e. The van der Waals surface area contributed by atoms with E-state index in [-0.39, 0.29) is 0 Å². The molecule has 2 heteroatoms. The Hall–Kier alpha value is -0.980. The molecular weight excluding hydrogens is 311 g/mol. The zero-order chi connectivity index (χ0) is 15.4. The average molecular weight is 333 g/mol. The molecule has 0 amide bonds. The lowest BCUT2D eigenvalue weighted by molar-refractivity contribution is 0.375. The van der Waals surface area contributed by atoms with E-state index in [1.54, 1.807) is 0 Å². The minimum atomic E-state index is -0.524. The quantitative estimate of drug-likeness (QED) is 0.428. The van der Waals surface area contributed by atoms with Gasteiger partial charge in [-0.3, -0.25) is 0 Å². The first-order valence-electron chi connectivity index (χ1n) is 8.22. The molecule has 0 saturated heterocycles. The Morgan fingerprint density at radius 3 is 2.00 bits per heavy atom. The SMILES string of the molecule is Clc1ccccc1C(Cl)(c1ccccc1)C1CCCCCC1. The van der Waals surface area contributed by atoms with Gasteiger partial charge in [0.1, 0.15) is 0 Å². The molecule has 0 radical (unpaired) electrons. The molecule has 1 aliphatic rings. The van der Waals surface area contributed by atoms with E-state index in [0.717, 1.165) is 16.1 Å². The molecule has 0 nitrogen and oxygen atoms in total. The molecule has 0 aromatic heterocycles. The van der Waals surface area contributed by atoms with E-state index >= 15 is 0 Å². The van der Waals surface area contributed by atoms with Crippen molar-refractivity contribution in [3.8, 4) is 0 Å². The molecule has 1 atom stereocenters. The predicted octanol–water partition coefficient (Wildman–Crippen LogP) is 6.79. The highest BCUT2D eigenvalue weighted by Gasteiger charge is 2.41. The second-order valence-electron chi connectivity index (χ2n) is 6.25. The van der Waals surface area contributed by atoms with Crippen molar-refractivity contribution >= 4 is 23.2 Å². The molecule has 2 aromatic carbocycles. The van der Waals surface area contributed by atoms with E-state index in [2.05, 4.69) is 30.3 Å². The van der Waals surface area contributed by atoms with Gasteiger partial charge in [0.2, 0.25) is 0 Å². The summed E-state index contributed by atoms with van der Waals surface area (Å²) >= 11 is 13.9. The third kappa shape index (κ3) is 3.05. The largest absolute Gasteiger partial charge is 0.108 e. The van der Waals surface area contributed by atoms with Gasteiger partial charge in [-0.25, -0.2) is 0 Å². The molecule has 22 heavy (non-hydrogen) atoms. The maximum absolute atomic E-state index is 7.36. The van der Waals surface area contributed by atoms with Crippen LogP contribution in [0.2, 0.25) is 5.02 Å². The Kier molecular flexibility index (Phi) is 5.10. The van der Waals surface area contributed by atoms with Crippen molar-refractivity contribution in [2.45, 2.75) is 43.4 Å². The summed E-state index contributed by atoms with van der Waals surface area (Å²) in [7, 11) is 0. The average Bonchev–Trinajstić information content (AvgIpc) is 2.85. The van der Waals surface area contributed by atoms with Crippen LogP contribution >= 0.6 is 23.2 Å². The van der Waals surface area contributed by atoms with Gasteiger partial charge >= 0.3 is 0 Å². The fraction of sp³-hybridized carbons (Fsp3) is 0.400. The molecule has 1 unspecified atom stereocenters. The minimum absolute atomic E-state index is 0.430. The molecule has 1 fully saturated rings. The third-order valence-corrected chi connectivity index (χ3v) is 5.94. The highest BCUT2D eigenvalue weighted by molar-refractivity contribution is 6.34. The Labute approximate surface area is 143 Å². The number of halogens is 2. The summed E-state index contributed by atoms with van der Waals surface area (Å²) in [4.78, 5) is -0.524. The summed E-state index contributed by atoms with van der Waals surface area (Å²) in [6.45, 7) is 0. The summed E-state index contributed by atoms with van der Waals surface area (Å²) in [5.74, 6) is 0.430. The lowest BCUT2D eigenvalue weighted by Crippen LogP contribution is -2.31. The minimum Gasteiger partial charge on any atom is -0.108 e. The summed E-state index contributed by atoms with van der Waals surface area (Å²) in [6, 6.07) is 18.5. The normalized spacial score (nSPS) is 19.4. The molecule has 0 heterocycles. The third-order valence-electron chi connectivity index (χ3n) is 4.88. The van der Waals surface area contributed by atoms with Crippen molar-refractivity contribution in [3.05, 3.63) is 70.7 Å². The molecule has 1 saturated carbocycles. The van der Waals surface area contributed by atoms with Crippen LogP contribution in [0.15, 0.2) is 54.6 Å². The highest BCUT2D eigenvalue weighted by Crippen LogP contribution is 2.50. The van der Waals surface area contributed by atoms with Crippen LogP contribution in [0.3, 0.4) is 0 Å². The van der Waals surface area contributed by atoms with Crippen molar-refractivity contribution < 1.29 is 0 Å². The Balaban J connectivity index is 2.11. The first kappa shape index (κ1) is 15.9. The molecule has 1 aliphatic carbocycles. The molecule has 0 aliphatic heterocycles. The molecule has 0 spiro atoms. The zero-order valence-electron chi connectivity index (χ0n) is 12.8. The molecular formula is C20H22Cl2. The Bertz CT molecular complexity index is 600. The highest BCUT2D eigenvalue weighted by atomic mass is 35.5. The van der Waals surface area contributed by atoms with Crippen LogP contribution in [0, 0.1) is 5.92 Å². The first-order chi connectivity index (χ1) is 10.7. The number of rotatable bonds is 3. The van der Waals surface area contributed by atoms with Gasteiger partial charge in [-0.15, -0.1) is 11.6 Å². The number of hydrogen-bond acceptors (Lipinski definition) is 0. The van der Waals surface area contributed by atoms with Gasteiger partial charge < -0.3 is 0 Å². The van der Waals surface area contributed by atoms with Crippen molar-refractivity contribution in [2.24, 2.45) is 5.92 Å². The van der Waals surface area contributed by atoms with Gasteiger partial charge in [0.05, 0.1) is 4.87 Å². The molecule has 116 valence electrons. The maximum atomic E-state index is 7.36. The monoisotopic (exact) mass is 332 g/mol. The molecule has 0 bridgehead atoms. The van der Waals surface area contributed by atoms with Crippen LogP contribution < -0.4 is 0 Å².